The van der Waals surface area contributed by atoms with Gasteiger partial charge in [0.2, 0.25) is 21.8 Å². The monoisotopic (exact) mass is 460 g/mol. The van der Waals surface area contributed by atoms with E-state index in [1.807, 2.05) is 24.3 Å². The molecular formula is C22H28N4O5S. The zero-order valence-electron chi connectivity index (χ0n) is 18.0. The van der Waals surface area contributed by atoms with Gasteiger partial charge in [-0.1, -0.05) is 18.2 Å². The largest absolute Gasteiger partial charge is 0.378 e. The predicted octanol–water partition coefficient (Wildman–Crippen LogP) is 1.29. The number of carbonyl (C=O) groups excluding carboxylic acids is 2. The summed E-state index contributed by atoms with van der Waals surface area (Å²) in [5.41, 5.74) is 1.71. The SMILES string of the molecule is CN(CC(=O)Nc1ccc(N2CCOCC2)cc1)C(=O)CCNS(=O)(=O)c1ccccc1. The van der Waals surface area contributed by atoms with Crippen LogP contribution in [0.2, 0.25) is 0 Å². The smallest absolute Gasteiger partial charge is 0.243 e. The lowest BCUT2D eigenvalue weighted by molar-refractivity contribution is -0.133. The van der Waals surface area contributed by atoms with Gasteiger partial charge in [-0.15, -0.1) is 0 Å². The highest BCUT2D eigenvalue weighted by Crippen LogP contribution is 2.19. The number of hydrogen-bond donors (Lipinski definition) is 2. The van der Waals surface area contributed by atoms with E-state index in [0.29, 0.717) is 18.9 Å². The van der Waals surface area contributed by atoms with E-state index < -0.39 is 10.0 Å². The molecule has 2 amide bonds. The molecule has 0 radical (unpaired) electrons. The number of ether oxygens (including phenoxy) is 1. The first-order chi connectivity index (χ1) is 15.3. The Kier molecular flexibility index (Phi) is 8.20. The summed E-state index contributed by atoms with van der Waals surface area (Å²) >= 11 is 0. The van der Waals surface area contributed by atoms with E-state index in [9.17, 15) is 18.0 Å². The van der Waals surface area contributed by atoms with Crippen molar-refractivity contribution < 1.29 is 22.7 Å². The van der Waals surface area contributed by atoms with Gasteiger partial charge in [-0.05, 0) is 36.4 Å². The van der Waals surface area contributed by atoms with Crippen molar-refractivity contribution in [1.29, 1.82) is 0 Å². The van der Waals surface area contributed by atoms with Crippen LogP contribution in [-0.2, 0) is 24.3 Å². The molecule has 0 spiro atoms. The van der Waals surface area contributed by atoms with E-state index in [1.54, 1.807) is 18.2 Å². The zero-order chi connectivity index (χ0) is 23.0. The summed E-state index contributed by atoms with van der Waals surface area (Å²) in [5.74, 6) is -0.664. The summed E-state index contributed by atoms with van der Waals surface area (Å²) in [6.45, 7) is 2.89. The zero-order valence-corrected chi connectivity index (χ0v) is 18.8. The fourth-order valence-electron chi connectivity index (χ4n) is 3.25. The van der Waals surface area contributed by atoms with Crippen molar-refractivity contribution in [2.45, 2.75) is 11.3 Å². The molecular weight excluding hydrogens is 432 g/mol. The van der Waals surface area contributed by atoms with Crippen molar-refractivity contribution in [2.75, 3.05) is 56.7 Å². The van der Waals surface area contributed by atoms with Gasteiger partial charge < -0.3 is 19.9 Å². The average Bonchev–Trinajstić information content (AvgIpc) is 2.80. The van der Waals surface area contributed by atoms with Crippen LogP contribution in [0.25, 0.3) is 0 Å². The van der Waals surface area contributed by atoms with Gasteiger partial charge in [0, 0.05) is 44.5 Å². The minimum absolute atomic E-state index is 0.0506. The minimum Gasteiger partial charge on any atom is -0.378 e. The summed E-state index contributed by atoms with van der Waals surface area (Å²) in [6, 6.07) is 15.5. The third kappa shape index (κ3) is 6.78. The topological polar surface area (TPSA) is 108 Å². The fraction of sp³-hybridized carbons (Fsp3) is 0.364. The van der Waals surface area contributed by atoms with Gasteiger partial charge >= 0.3 is 0 Å². The summed E-state index contributed by atoms with van der Waals surface area (Å²) in [5, 5.41) is 2.77. The van der Waals surface area contributed by atoms with Crippen molar-refractivity contribution in [1.82, 2.24) is 9.62 Å². The van der Waals surface area contributed by atoms with Crippen LogP contribution in [0.1, 0.15) is 6.42 Å². The number of morpholine rings is 1. The molecule has 2 aromatic rings. The van der Waals surface area contributed by atoms with Crippen LogP contribution < -0.4 is 14.9 Å². The molecule has 0 aromatic heterocycles. The number of likely N-dealkylation sites (N-methyl/N-ethyl adjacent to an activating group) is 1. The number of benzene rings is 2. The van der Waals surface area contributed by atoms with Crippen LogP contribution in [0.15, 0.2) is 59.5 Å². The van der Waals surface area contributed by atoms with E-state index in [2.05, 4.69) is 14.9 Å². The fourth-order valence-corrected chi connectivity index (χ4v) is 4.30. The molecule has 0 aliphatic carbocycles. The first-order valence-corrected chi connectivity index (χ1v) is 11.8. The molecule has 2 aromatic carbocycles. The maximum atomic E-state index is 12.3. The van der Waals surface area contributed by atoms with Crippen LogP contribution in [-0.4, -0.2) is 71.6 Å². The molecule has 0 saturated carbocycles. The van der Waals surface area contributed by atoms with E-state index >= 15 is 0 Å². The van der Waals surface area contributed by atoms with E-state index in [1.165, 1.54) is 24.1 Å². The molecule has 1 aliphatic rings. The molecule has 1 heterocycles. The predicted molar refractivity (Wildman–Crippen MR) is 122 cm³/mol. The number of sulfonamides is 1. The lowest BCUT2D eigenvalue weighted by atomic mass is 10.2. The van der Waals surface area contributed by atoms with Crippen molar-refractivity contribution >= 4 is 33.2 Å². The lowest BCUT2D eigenvalue weighted by Crippen LogP contribution is -2.37. The highest BCUT2D eigenvalue weighted by atomic mass is 32.2. The number of nitrogens with one attached hydrogen (secondary N) is 2. The normalized spacial score (nSPS) is 14.1. The Morgan fingerprint density at radius 3 is 2.34 bits per heavy atom. The van der Waals surface area contributed by atoms with Gasteiger partial charge in [-0.25, -0.2) is 13.1 Å². The Balaban J connectivity index is 1.42. The molecule has 0 atom stereocenters. The molecule has 0 unspecified atom stereocenters. The molecule has 0 bridgehead atoms. The second kappa shape index (κ2) is 11.1. The Labute approximate surface area is 188 Å². The van der Waals surface area contributed by atoms with Crippen LogP contribution in [0.4, 0.5) is 11.4 Å². The summed E-state index contributed by atoms with van der Waals surface area (Å²) in [7, 11) is -2.16. The summed E-state index contributed by atoms with van der Waals surface area (Å²) in [4.78, 5) is 28.2. The Morgan fingerprint density at radius 1 is 1.03 bits per heavy atom. The van der Waals surface area contributed by atoms with Gasteiger partial charge in [0.1, 0.15) is 0 Å². The van der Waals surface area contributed by atoms with Crippen LogP contribution in [0.3, 0.4) is 0 Å². The highest BCUT2D eigenvalue weighted by Gasteiger charge is 2.17. The molecule has 1 aliphatic heterocycles. The standard InChI is InChI=1S/C22H28N4O5S/c1-25(22(28)11-12-23-32(29,30)20-5-3-2-4-6-20)17-21(27)24-18-7-9-19(10-8-18)26-13-15-31-16-14-26/h2-10,23H,11-17H2,1H3,(H,24,27). The van der Waals surface area contributed by atoms with Crippen molar-refractivity contribution in [3.8, 4) is 0 Å². The second-order valence-electron chi connectivity index (χ2n) is 7.41. The van der Waals surface area contributed by atoms with Gasteiger partial charge in [-0.3, -0.25) is 9.59 Å². The first kappa shape index (κ1) is 23.7. The Hall–Kier alpha value is -2.95. The number of nitrogens with zero attached hydrogens (tertiary/aromatic N) is 2. The molecule has 10 heteroatoms. The molecule has 1 saturated heterocycles. The third-order valence-electron chi connectivity index (χ3n) is 5.02. The first-order valence-electron chi connectivity index (χ1n) is 10.4. The van der Waals surface area contributed by atoms with Gasteiger partial charge in [0.05, 0.1) is 24.7 Å². The van der Waals surface area contributed by atoms with E-state index in [4.69, 9.17) is 4.74 Å². The number of amides is 2. The number of anilines is 2. The molecule has 2 N–H and O–H groups in total. The van der Waals surface area contributed by atoms with E-state index in [0.717, 1.165) is 18.8 Å². The van der Waals surface area contributed by atoms with Gasteiger partial charge in [0.25, 0.3) is 0 Å². The van der Waals surface area contributed by atoms with Crippen LogP contribution in [0.5, 0.6) is 0 Å². The third-order valence-corrected chi connectivity index (χ3v) is 6.50. The number of rotatable bonds is 9. The number of hydrogen-bond acceptors (Lipinski definition) is 6. The quantitative estimate of drug-likeness (QED) is 0.584. The minimum atomic E-state index is -3.67. The Morgan fingerprint density at radius 2 is 1.69 bits per heavy atom. The molecule has 172 valence electrons. The van der Waals surface area contributed by atoms with Crippen LogP contribution >= 0.6 is 0 Å². The average molecular weight is 461 g/mol. The highest BCUT2D eigenvalue weighted by molar-refractivity contribution is 7.89. The molecule has 32 heavy (non-hydrogen) atoms. The van der Waals surface area contributed by atoms with Gasteiger partial charge in [0.15, 0.2) is 0 Å². The summed E-state index contributed by atoms with van der Waals surface area (Å²) in [6.07, 6.45) is -0.0515. The van der Waals surface area contributed by atoms with Crippen molar-refractivity contribution in [2.24, 2.45) is 0 Å². The maximum absolute atomic E-state index is 12.3. The molecule has 1 fully saturated rings. The van der Waals surface area contributed by atoms with Gasteiger partial charge in [-0.2, -0.15) is 0 Å². The number of carbonyl (C=O) groups is 2. The second-order valence-corrected chi connectivity index (χ2v) is 9.17. The summed E-state index contributed by atoms with van der Waals surface area (Å²) < 4.78 is 32.1. The lowest BCUT2D eigenvalue weighted by Gasteiger charge is -2.28. The van der Waals surface area contributed by atoms with Crippen molar-refractivity contribution in [3.05, 3.63) is 54.6 Å². The molecule has 3 rings (SSSR count). The van der Waals surface area contributed by atoms with Crippen LogP contribution in [0, 0.1) is 0 Å². The van der Waals surface area contributed by atoms with E-state index in [-0.39, 0.29) is 36.2 Å². The molecule has 9 nitrogen and oxygen atoms in total. The Bertz CT molecular complexity index is 1010. The maximum Gasteiger partial charge on any atom is 0.243 e. The van der Waals surface area contributed by atoms with Crippen molar-refractivity contribution in [3.63, 3.8) is 0 Å².